The molecule has 78 valence electrons. The molecule has 0 radical (unpaired) electrons. The lowest BCUT2D eigenvalue weighted by molar-refractivity contribution is 0.118. The number of rotatable bonds is 3. The van der Waals surface area contributed by atoms with Gasteiger partial charge in [-0.25, -0.2) is 0 Å². The highest BCUT2D eigenvalue weighted by molar-refractivity contribution is 4.80. The van der Waals surface area contributed by atoms with Crippen LogP contribution in [0.3, 0.4) is 0 Å². The maximum absolute atomic E-state index is 8.97. The third kappa shape index (κ3) is 4.07. The van der Waals surface area contributed by atoms with Crippen molar-refractivity contribution in [1.29, 1.82) is 0 Å². The Morgan fingerprint density at radius 3 is 2.31 bits per heavy atom. The second-order valence-electron chi connectivity index (χ2n) is 4.89. The zero-order valence-electron chi connectivity index (χ0n) is 8.79. The summed E-state index contributed by atoms with van der Waals surface area (Å²) in [5.41, 5.74) is 5.85. The minimum atomic E-state index is -0.0912. The minimum Gasteiger partial charge on any atom is -0.396 e. The SMILES string of the molecule is CC(C)(N)CN1CCC(CO)CC1. The van der Waals surface area contributed by atoms with Crippen LogP contribution in [0.4, 0.5) is 0 Å². The molecule has 0 amide bonds. The minimum absolute atomic E-state index is 0.0912. The van der Waals surface area contributed by atoms with Gasteiger partial charge in [0.25, 0.3) is 0 Å². The van der Waals surface area contributed by atoms with Crippen LogP contribution in [-0.4, -0.2) is 41.8 Å². The molecule has 0 aliphatic carbocycles. The number of likely N-dealkylation sites (tertiary alicyclic amines) is 1. The van der Waals surface area contributed by atoms with E-state index in [1.807, 2.05) is 0 Å². The average Bonchev–Trinajstić information content (AvgIpc) is 2.03. The Kier molecular flexibility index (Phi) is 3.71. The predicted octanol–water partition coefficient (Wildman–Crippen LogP) is 0.428. The van der Waals surface area contributed by atoms with Gasteiger partial charge in [-0.1, -0.05) is 0 Å². The van der Waals surface area contributed by atoms with Crippen LogP contribution in [0.1, 0.15) is 26.7 Å². The largest absolute Gasteiger partial charge is 0.396 e. The fraction of sp³-hybridized carbons (Fsp3) is 1.00. The second kappa shape index (κ2) is 4.40. The Labute approximate surface area is 80.9 Å². The summed E-state index contributed by atoms with van der Waals surface area (Å²) in [5, 5.41) is 8.97. The van der Waals surface area contributed by atoms with Crippen LogP contribution in [0, 0.1) is 5.92 Å². The van der Waals surface area contributed by atoms with E-state index in [1.165, 1.54) is 0 Å². The molecule has 0 spiro atoms. The van der Waals surface area contributed by atoms with Crippen molar-refractivity contribution in [2.75, 3.05) is 26.2 Å². The first-order chi connectivity index (χ1) is 6.01. The van der Waals surface area contributed by atoms with E-state index in [4.69, 9.17) is 10.8 Å². The summed E-state index contributed by atoms with van der Waals surface area (Å²) in [4.78, 5) is 2.40. The topological polar surface area (TPSA) is 49.5 Å². The highest BCUT2D eigenvalue weighted by Crippen LogP contribution is 2.17. The average molecular weight is 186 g/mol. The zero-order chi connectivity index (χ0) is 9.90. The quantitative estimate of drug-likeness (QED) is 0.672. The van der Waals surface area contributed by atoms with Gasteiger partial charge in [-0.2, -0.15) is 0 Å². The van der Waals surface area contributed by atoms with Gasteiger partial charge in [0.2, 0.25) is 0 Å². The van der Waals surface area contributed by atoms with Crippen molar-refractivity contribution >= 4 is 0 Å². The standard InChI is InChI=1S/C10H22N2O/c1-10(2,11)8-12-5-3-9(7-13)4-6-12/h9,13H,3-8,11H2,1-2H3. The first-order valence-corrected chi connectivity index (χ1v) is 5.13. The van der Waals surface area contributed by atoms with Crippen LogP contribution in [0.2, 0.25) is 0 Å². The summed E-state index contributed by atoms with van der Waals surface area (Å²) in [7, 11) is 0. The predicted molar refractivity (Wildman–Crippen MR) is 54.5 cm³/mol. The van der Waals surface area contributed by atoms with E-state index < -0.39 is 0 Å². The van der Waals surface area contributed by atoms with Gasteiger partial charge in [0.1, 0.15) is 0 Å². The van der Waals surface area contributed by atoms with E-state index in [2.05, 4.69) is 18.7 Å². The highest BCUT2D eigenvalue weighted by atomic mass is 16.3. The lowest BCUT2D eigenvalue weighted by Crippen LogP contribution is -2.48. The molecule has 1 heterocycles. The van der Waals surface area contributed by atoms with Gasteiger partial charge >= 0.3 is 0 Å². The van der Waals surface area contributed by atoms with Crippen molar-refractivity contribution in [3.63, 3.8) is 0 Å². The Morgan fingerprint density at radius 1 is 1.38 bits per heavy atom. The lowest BCUT2D eigenvalue weighted by Gasteiger charge is -2.35. The van der Waals surface area contributed by atoms with Crippen LogP contribution in [0.5, 0.6) is 0 Å². The molecular weight excluding hydrogens is 164 g/mol. The van der Waals surface area contributed by atoms with Gasteiger partial charge in [0, 0.05) is 18.7 Å². The summed E-state index contributed by atoms with van der Waals surface area (Å²) in [6.45, 7) is 7.61. The maximum atomic E-state index is 8.97. The first kappa shape index (κ1) is 11.0. The van der Waals surface area contributed by atoms with Crippen molar-refractivity contribution in [3.05, 3.63) is 0 Å². The fourth-order valence-corrected chi connectivity index (χ4v) is 1.90. The summed E-state index contributed by atoms with van der Waals surface area (Å²) < 4.78 is 0. The van der Waals surface area contributed by atoms with Crippen LogP contribution in [-0.2, 0) is 0 Å². The fourth-order valence-electron chi connectivity index (χ4n) is 1.90. The first-order valence-electron chi connectivity index (χ1n) is 5.13. The number of hydrogen-bond acceptors (Lipinski definition) is 3. The van der Waals surface area contributed by atoms with E-state index >= 15 is 0 Å². The molecule has 0 atom stereocenters. The van der Waals surface area contributed by atoms with E-state index in [-0.39, 0.29) is 5.54 Å². The van der Waals surface area contributed by atoms with Crippen LogP contribution in [0.25, 0.3) is 0 Å². The molecule has 0 saturated carbocycles. The Morgan fingerprint density at radius 2 is 1.92 bits per heavy atom. The Bertz CT molecular complexity index is 145. The Hall–Kier alpha value is -0.120. The zero-order valence-corrected chi connectivity index (χ0v) is 8.79. The molecule has 3 N–H and O–H groups in total. The Balaban J connectivity index is 2.25. The number of nitrogens with zero attached hydrogens (tertiary/aromatic N) is 1. The normalized spacial score (nSPS) is 22.2. The monoisotopic (exact) mass is 186 g/mol. The van der Waals surface area contributed by atoms with E-state index in [9.17, 15) is 0 Å². The molecule has 0 aromatic carbocycles. The van der Waals surface area contributed by atoms with E-state index in [0.29, 0.717) is 12.5 Å². The second-order valence-corrected chi connectivity index (χ2v) is 4.89. The molecule has 1 fully saturated rings. The summed E-state index contributed by atoms with van der Waals surface area (Å²) in [5.74, 6) is 0.525. The van der Waals surface area contributed by atoms with E-state index in [1.54, 1.807) is 0 Å². The van der Waals surface area contributed by atoms with Gasteiger partial charge in [-0.15, -0.1) is 0 Å². The van der Waals surface area contributed by atoms with Gasteiger partial charge in [-0.3, -0.25) is 0 Å². The molecule has 13 heavy (non-hydrogen) atoms. The molecule has 3 nitrogen and oxygen atoms in total. The maximum Gasteiger partial charge on any atom is 0.0460 e. The van der Waals surface area contributed by atoms with Crippen molar-refractivity contribution < 1.29 is 5.11 Å². The van der Waals surface area contributed by atoms with Gasteiger partial charge in [-0.05, 0) is 45.7 Å². The number of piperidine rings is 1. The number of hydrogen-bond donors (Lipinski definition) is 2. The van der Waals surface area contributed by atoms with E-state index in [0.717, 1.165) is 32.5 Å². The molecule has 1 saturated heterocycles. The van der Waals surface area contributed by atoms with Gasteiger partial charge in [0.15, 0.2) is 0 Å². The van der Waals surface area contributed by atoms with Gasteiger partial charge in [0.05, 0.1) is 0 Å². The molecule has 0 aromatic rings. The molecule has 1 aliphatic heterocycles. The van der Waals surface area contributed by atoms with Crippen molar-refractivity contribution in [1.82, 2.24) is 4.90 Å². The van der Waals surface area contributed by atoms with Crippen LogP contribution in [0.15, 0.2) is 0 Å². The molecule has 0 aromatic heterocycles. The molecule has 1 rings (SSSR count). The summed E-state index contributed by atoms with van der Waals surface area (Å²) in [6, 6.07) is 0. The third-order valence-corrected chi connectivity index (χ3v) is 2.60. The molecule has 3 heteroatoms. The third-order valence-electron chi connectivity index (χ3n) is 2.60. The number of nitrogens with two attached hydrogens (primary N) is 1. The number of aliphatic hydroxyl groups excluding tert-OH is 1. The van der Waals surface area contributed by atoms with Crippen molar-refractivity contribution in [2.45, 2.75) is 32.2 Å². The van der Waals surface area contributed by atoms with Crippen LogP contribution < -0.4 is 5.73 Å². The molecule has 0 bridgehead atoms. The molecule has 0 unspecified atom stereocenters. The van der Waals surface area contributed by atoms with Gasteiger partial charge < -0.3 is 15.7 Å². The van der Waals surface area contributed by atoms with Crippen LogP contribution >= 0.6 is 0 Å². The molecular formula is C10H22N2O. The number of aliphatic hydroxyl groups is 1. The summed E-state index contributed by atoms with van der Waals surface area (Å²) >= 11 is 0. The summed E-state index contributed by atoms with van der Waals surface area (Å²) in [6.07, 6.45) is 2.24. The lowest BCUT2D eigenvalue weighted by atomic mass is 9.96. The van der Waals surface area contributed by atoms with Crippen molar-refractivity contribution in [3.8, 4) is 0 Å². The highest BCUT2D eigenvalue weighted by Gasteiger charge is 2.22. The van der Waals surface area contributed by atoms with Crippen molar-refractivity contribution in [2.24, 2.45) is 11.7 Å². The molecule has 1 aliphatic rings. The smallest absolute Gasteiger partial charge is 0.0460 e.